The molecule has 0 spiro atoms. The lowest BCUT2D eigenvalue weighted by Gasteiger charge is -2.26. The van der Waals surface area contributed by atoms with Gasteiger partial charge in [0.2, 0.25) is 5.76 Å². The number of amides is 1. The molecular formula is C25H18BrNO6. The number of halogens is 1. The van der Waals surface area contributed by atoms with Gasteiger partial charge in [0, 0.05) is 16.2 Å². The van der Waals surface area contributed by atoms with Crippen molar-refractivity contribution >= 4 is 38.5 Å². The van der Waals surface area contributed by atoms with Crippen molar-refractivity contribution in [2.45, 2.75) is 6.04 Å². The first-order valence-corrected chi connectivity index (χ1v) is 10.8. The first-order chi connectivity index (χ1) is 15.9. The summed E-state index contributed by atoms with van der Waals surface area (Å²) in [6.45, 7) is 0. The highest BCUT2D eigenvalue weighted by atomic mass is 79.9. The van der Waals surface area contributed by atoms with Crippen LogP contribution in [0.4, 0.5) is 5.69 Å². The molecule has 1 amide bonds. The molecule has 0 bridgehead atoms. The fourth-order valence-electron chi connectivity index (χ4n) is 4.15. The summed E-state index contributed by atoms with van der Waals surface area (Å²) < 4.78 is 17.3. The van der Waals surface area contributed by atoms with Crippen molar-refractivity contribution in [2.24, 2.45) is 0 Å². The van der Waals surface area contributed by atoms with E-state index in [1.807, 2.05) is 0 Å². The molecule has 1 aliphatic heterocycles. The molecule has 0 radical (unpaired) electrons. The van der Waals surface area contributed by atoms with Gasteiger partial charge in [-0.3, -0.25) is 14.5 Å². The fraction of sp³-hybridized carbons (Fsp3) is 0.120. The van der Waals surface area contributed by atoms with Gasteiger partial charge < -0.3 is 19.0 Å². The second-order valence-corrected chi connectivity index (χ2v) is 8.44. The van der Waals surface area contributed by atoms with Crippen LogP contribution in [0.5, 0.6) is 17.2 Å². The smallest absolute Gasteiger partial charge is 0.295 e. The quantitative estimate of drug-likeness (QED) is 0.416. The van der Waals surface area contributed by atoms with Gasteiger partial charge in [0.05, 0.1) is 31.2 Å². The average molecular weight is 508 g/mol. The van der Waals surface area contributed by atoms with Crippen LogP contribution in [0.2, 0.25) is 0 Å². The van der Waals surface area contributed by atoms with Crippen molar-refractivity contribution in [3.8, 4) is 17.2 Å². The van der Waals surface area contributed by atoms with Gasteiger partial charge >= 0.3 is 0 Å². The van der Waals surface area contributed by atoms with E-state index in [0.717, 1.165) is 4.47 Å². The number of aromatic hydroxyl groups is 1. The average Bonchev–Trinajstić information content (AvgIpc) is 3.12. The van der Waals surface area contributed by atoms with Crippen LogP contribution in [-0.2, 0) is 0 Å². The molecule has 0 fully saturated rings. The van der Waals surface area contributed by atoms with Crippen LogP contribution in [0.1, 0.15) is 27.7 Å². The molecular weight excluding hydrogens is 490 g/mol. The molecule has 166 valence electrons. The van der Waals surface area contributed by atoms with Gasteiger partial charge in [0.25, 0.3) is 5.91 Å². The number of methoxy groups -OCH3 is 2. The summed E-state index contributed by atoms with van der Waals surface area (Å²) in [6.07, 6.45) is 0. The predicted molar refractivity (Wildman–Crippen MR) is 126 cm³/mol. The molecule has 1 N–H and O–H groups in total. The molecule has 0 saturated carbocycles. The van der Waals surface area contributed by atoms with E-state index in [4.69, 9.17) is 13.9 Å². The van der Waals surface area contributed by atoms with E-state index in [1.165, 1.54) is 25.2 Å². The lowest BCUT2D eigenvalue weighted by atomic mass is 9.97. The molecule has 4 aromatic rings. The molecule has 5 rings (SSSR count). The topological polar surface area (TPSA) is 89.2 Å². The zero-order valence-corrected chi connectivity index (χ0v) is 19.3. The van der Waals surface area contributed by atoms with Crippen LogP contribution in [0.25, 0.3) is 11.0 Å². The van der Waals surface area contributed by atoms with E-state index >= 15 is 0 Å². The lowest BCUT2D eigenvalue weighted by Crippen LogP contribution is -2.29. The minimum atomic E-state index is -0.797. The summed E-state index contributed by atoms with van der Waals surface area (Å²) in [5.74, 6) is 0.277. The Bertz CT molecular complexity index is 1480. The maximum atomic E-state index is 13.7. The predicted octanol–water partition coefficient (Wildman–Crippen LogP) is 5.03. The minimum absolute atomic E-state index is 0.0188. The number of phenols is 1. The highest BCUT2D eigenvalue weighted by Gasteiger charge is 2.44. The number of ether oxygens (including phenoxy) is 2. The molecule has 7 nitrogen and oxygen atoms in total. The Morgan fingerprint density at radius 1 is 1.00 bits per heavy atom. The lowest BCUT2D eigenvalue weighted by molar-refractivity contribution is 0.0971. The standard InChI is InChI=1S/C25H18BrNO6/c1-31-16-5-3-4-15(12-16)27-22(13-6-8-18(28)20(10-13)32-2)21-23(29)17-11-14(26)7-9-19(17)33-24(21)25(27)30/h3-12,22,28H,1-2H3. The number of carbonyl (C=O) groups excluding carboxylic acids is 1. The Kier molecular flexibility index (Phi) is 5.09. The van der Waals surface area contributed by atoms with Gasteiger partial charge in [0.1, 0.15) is 11.3 Å². The highest BCUT2D eigenvalue weighted by Crippen LogP contribution is 2.43. The van der Waals surface area contributed by atoms with Crippen LogP contribution in [0.3, 0.4) is 0 Å². The van der Waals surface area contributed by atoms with Gasteiger partial charge in [-0.15, -0.1) is 0 Å². The molecule has 0 aliphatic carbocycles. The first kappa shape index (κ1) is 21.1. The van der Waals surface area contributed by atoms with Gasteiger partial charge in [-0.2, -0.15) is 0 Å². The number of fused-ring (bicyclic) bond motifs is 2. The normalized spacial score (nSPS) is 15.1. The first-order valence-electron chi connectivity index (χ1n) is 10.0. The Balaban J connectivity index is 1.82. The minimum Gasteiger partial charge on any atom is -0.504 e. The Morgan fingerprint density at radius 2 is 1.82 bits per heavy atom. The Labute approximate surface area is 196 Å². The zero-order chi connectivity index (χ0) is 23.3. The SMILES string of the molecule is COc1cccc(N2C(=O)c3oc4ccc(Br)cc4c(=O)c3C2c2ccc(O)c(OC)c2)c1. The van der Waals surface area contributed by atoms with Crippen LogP contribution in [-0.4, -0.2) is 25.2 Å². The van der Waals surface area contributed by atoms with E-state index < -0.39 is 11.9 Å². The van der Waals surface area contributed by atoms with Crippen molar-refractivity contribution in [3.05, 3.63) is 92.2 Å². The fourth-order valence-corrected chi connectivity index (χ4v) is 4.51. The van der Waals surface area contributed by atoms with E-state index in [-0.39, 0.29) is 28.3 Å². The van der Waals surface area contributed by atoms with Crippen molar-refractivity contribution in [1.82, 2.24) is 0 Å². The van der Waals surface area contributed by atoms with E-state index in [2.05, 4.69) is 15.9 Å². The van der Waals surface area contributed by atoms with Crippen LogP contribution in [0.15, 0.2) is 74.3 Å². The Hall–Kier alpha value is -3.78. The van der Waals surface area contributed by atoms with Crippen LogP contribution in [0, 0.1) is 0 Å². The van der Waals surface area contributed by atoms with E-state index in [9.17, 15) is 14.7 Å². The zero-order valence-electron chi connectivity index (χ0n) is 17.7. The summed E-state index contributed by atoms with van der Waals surface area (Å²) in [6, 6.07) is 16.0. The van der Waals surface area contributed by atoms with Gasteiger partial charge in [0.15, 0.2) is 16.9 Å². The molecule has 1 aromatic heterocycles. The largest absolute Gasteiger partial charge is 0.504 e. The third-order valence-electron chi connectivity index (χ3n) is 5.68. The number of phenolic OH excluding ortho intramolecular Hbond substituents is 1. The number of rotatable bonds is 4. The van der Waals surface area contributed by atoms with Gasteiger partial charge in [-0.25, -0.2) is 0 Å². The maximum absolute atomic E-state index is 13.7. The molecule has 1 unspecified atom stereocenters. The molecule has 1 aliphatic rings. The van der Waals surface area contributed by atoms with Crippen LogP contribution >= 0.6 is 15.9 Å². The number of nitrogens with zero attached hydrogens (tertiary/aromatic N) is 1. The van der Waals surface area contributed by atoms with E-state index in [1.54, 1.807) is 54.6 Å². The van der Waals surface area contributed by atoms with Crippen LogP contribution < -0.4 is 19.8 Å². The van der Waals surface area contributed by atoms with Crippen molar-refractivity contribution in [3.63, 3.8) is 0 Å². The summed E-state index contributed by atoms with van der Waals surface area (Å²) in [5, 5.41) is 10.5. The second kappa shape index (κ2) is 7.97. The van der Waals surface area contributed by atoms with Gasteiger partial charge in [-0.1, -0.05) is 28.1 Å². The third kappa shape index (κ3) is 3.34. The summed E-state index contributed by atoms with van der Waals surface area (Å²) in [7, 11) is 2.98. The molecule has 1 atom stereocenters. The van der Waals surface area contributed by atoms with Crippen molar-refractivity contribution < 1.29 is 23.8 Å². The molecule has 33 heavy (non-hydrogen) atoms. The molecule has 3 aromatic carbocycles. The molecule has 0 saturated heterocycles. The summed E-state index contributed by atoms with van der Waals surface area (Å²) in [5.41, 5.74) is 1.36. The summed E-state index contributed by atoms with van der Waals surface area (Å²) in [4.78, 5) is 28.8. The molecule has 2 heterocycles. The maximum Gasteiger partial charge on any atom is 0.295 e. The van der Waals surface area contributed by atoms with Crippen molar-refractivity contribution in [2.75, 3.05) is 19.1 Å². The van der Waals surface area contributed by atoms with Gasteiger partial charge in [-0.05, 0) is 48.0 Å². The van der Waals surface area contributed by atoms with E-state index in [0.29, 0.717) is 28.0 Å². The molecule has 8 heteroatoms. The monoisotopic (exact) mass is 507 g/mol. The number of anilines is 1. The van der Waals surface area contributed by atoms with Crippen molar-refractivity contribution in [1.29, 1.82) is 0 Å². The second-order valence-electron chi connectivity index (χ2n) is 7.52. The third-order valence-corrected chi connectivity index (χ3v) is 6.18. The Morgan fingerprint density at radius 3 is 2.58 bits per heavy atom. The number of carbonyl (C=O) groups is 1. The number of hydrogen-bond donors (Lipinski definition) is 1. The number of hydrogen-bond acceptors (Lipinski definition) is 6. The number of benzene rings is 3. The highest BCUT2D eigenvalue weighted by molar-refractivity contribution is 9.10. The summed E-state index contributed by atoms with van der Waals surface area (Å²) >= 11 is 3.39.